The van der Waals surface area contributed by atoms with Crippen LogP contribution < -0.4 is 5.32 Å². The zero-order chi connectivity index (χ0) is 17.0. The third kappa shape index (κ3) is 4.28. The van der Waals surface area contributed by atoms with Crippen LogP contribution in [0, 0.1) is 18.6 Å². The number of benzene rings is 2. The topological polar surface area (TPSA) is 32.3 Å². The molecule has 1 atom stereocenters. The van der Waals surface area contributed by atoms with E-state index >= 15 is 0 Å². The van der Waals surface area contributed by atoms with Crippen molar-refractivity contribution < 1.29 is 13.6 Å². The SMILES string of the molecule is Cc1ccccc1CN(C)C(=O)NC(C)c1ccc(F)cc1F. The van der Waals surface area contributed by atoms with E-state index in [9.17, 15) is 13.6 Å². The van der Waals surface area contributed by atoms with Crippen LogP contribution in [0.1, 0.15) is 29.7 Å². The average molecular weight is 318 g/mol. The van der Waals surface area contributed by atoms with Crippen molar-refractivity contribution in [2.24, 2.45) is 0 Å². The molecule has 5 heteroatoms. The first-order chi connectivity index (χ1) is 10.9. The number of hydrogen-bond donors (Lipinski definition) is 1. The number of aryl methyl sites for hydroxylation is 1. The smallest absolute Gasteiger partial charge is 0.317 e. The Bertz CT molecular complexity index is 703. The lowest BCUT2D eigenvalue weighted by Crippen LogP contribution is -2.38. The first-order valence-electron chi connectivity index (χ1n) is 7.39. The molecule has 0 radical (unpaired) electrons. The van der Waals surface area contributed by atoms with Crippen LogP contribution in [0.25, 0.3) is 0 Å². The number of amides is 2. The predicted molar refractivity (Wildman–Crippen MR) is 86.0 cm³/mol. The Balaban J connectivity index is 2.01. The van der Waals surface area contributed by atoms with E-state index in [0.29, 0.717) is 6.54 Å². The molecule has 1 unspecified atom stereocenters. The number of nitrogens with one attached hydrogen (secondary N) is 1. The molecule has 3 nitrogen and oxygen atoms in total. The Morgan fingerprint density at radius 1 is 1.22 bits per heavy atom. The second-order valence-electron chi connectivity index (χ2n) is 5.62. The monoisotopic (exact) mass is 318 g/mol. The molecule has 23 heavy (non-hydrogen) atoms. The summed E-state index contributed by atoms with van der Waals surface area (Å²) in [6.45, 7) is 4.10. The Hall–Kier alpha value is -2.43. The largest absolute Gasteiger partial charge is 0.331 e. The van der Waals surface area contributed by atoms with Crippen molar-refractivity contribution in [1.29, 1.82) is 0 Å². The van der Waals surface area contributed by atoms with Gasteiger partial charge in [0.25, 0.3) is 0 Å². The second-order valence-corrected chi connectivity index (χ2v) is 5.62. The molecule has 2 rings (SSSR count). The molecule has 0 aliphatic rings. The van der Waals surface area contributed by atoms with Crippen LogP contribution >= 0.6 is 0 Å². The lowest BCUT2D eigenvalue weighted by molar-refractivity contribution is 0.203. The summed E-state index contributed by atoms with van der Waals surface area (Å²) in [6.07, 6.45) is 0. The highest BCUT2D eigenvalue weighted by molar-refractivity contribution is 5.74. The lowest BCUT2D eigenvalue weighted by Gasteiger charge is -2.22. The summed E-state index contributed by atoms with van der Waals surface area (Å²) in [5.74, 6) is -1.30. The maximum absolute atomic E-state index is 13.7. The van der Waals surface area contributed by atoms with Crippen LogP contribution in [0.5, 0.6) is 0 Å². The van der Waals surface area contributed by atoms with Gasteiger partial charge in [-0.05, 0) is 31.0 Å². The van der Waals surface area contributed by atoms with Crippen LogP contribution in [0.4, 0.5) is 13.6 Å². The molecule has 1 N–H and O–H groups in total. The number of nitrogens with zero attached hydrogens (tertiary/aromatic N) is 1. The van der Waals surface area contributed by atoms with Crippen molar-refractivity contribution in [2.45, 2.75) is 26.4 Å². The van der Waals surface area contributed by atoms with Crippen LogP contribution in [-0.2, 0) is 6.54 Å². The zero-order valence-corrected chi connectivity index (χ0v) is 13.4. The first-order valence-corrected chi connectivity index (χ1v) is 7.39. The minimum Gasteiger partial charge on any atom is -0.331 e. The van der Waals surface area contributed by atoms with Gasteiger partial charge in [-0.25, -0.2) is 13.6 Å². The highest BCUT2D eigenvalue weighted by Gasteiger charge is 2.17. The van der Waals surface area contributed by atoms with Crippen LogP contribution in [0.3, 0.4) is 0 Å². The summed E-state index contributed by atoms with van der Waals surface area (Å²) in [6, 6.07) is 10.3. The van der Waals surface area contributed by atoms with E-state index in [2.05, 4.69) is 5.32 Å². The van der Waals surface area contributed by atoms with Crippen molar-refractivity contribution in [1.82, 2.24) is 10.2 Å². The fraction of sp³-hybridized carbons (Fsp3) is 0.278. The molecule has 0 spiro atoms. The summed E-state index contributed by atoms with van der Waals surface area (Å²) in [4.78, 5) is 13.8. The molecule has 2 amide bonds. The van der Waals surface area contributed by atoms with Gasteiger partial charge in [-0.2, -0.15) is 0 Å². The summed E-state index contributed by atoms with van der Waals surface area (Å²) in [5, 5.41) is 2.72. The highest BCUT2D eigenvalue weighted by Crippen LogP contribution is 2.18. The zero-order valence-electron chi connectivity index (χ0n) is 13.4. The normalized spacial score (nSPS) is 11.9. The van der Waals surface area contributed by atoms with Gasteiger partial charge >= 0.3 is 6.03 Å². The van der Waals surface area contributed by atoms with Gasteiger partial charge in [0.2, 0.25) is 0 Å². The maximum atomic E-state index is 13.7. The van der Waals surface area contributed by atoms with Crippen molar-refractivity contribution in [3.05, 3.63) is 70.8 Å². The van der Waals surface area contributed by atoms with E-state index in [1.54, 1.807) is 14.0 Å². The highest BCUT2D eigenvalue weighted by atomic mass is 19.1. The fourth-order valence-electron chi connectivity index (χ4n) is 2.34. The van der Waals surface area contributed by atoms with Gasteiger partial charge in [-0.3, -0.25) is 0 Å². The molecular weight excluding hydrogens is 298 g/mol. The third-order valence-electron chi connectivity index (χ3n) is 3.78. The summed E-state index contributed by atoms with van der Waals surface area (Å²) in [5.41, 5.74) is 2.40. The number of carbonyl (C=O) groups is 1. The number of carbonyl (C=O) groups excluding carboxylic acids is 1. The van der Waals surface area contributed by atoms with Crippen molar-refractivity contribution >= 4 is 6.03 Å². The standard InChI is InChI=1S/C18H20F2N2O/c1-12-6-4-5-7-14(12)11-22(3)18(23)21-13(2)16-9-8-15(19)10-17(16)20/h4-10,13H,11H2,1-3H3,(H,21,23). The van der Waals surface area contributed by atoms with Gasteiger partial charge in [0.05, 0.1) is 6.04 Å². The Morgan fingerprint density at radius 3 is 2.57 bits per heavy atom. The van der Waals surface area contributed by atoms with Gasteiger partial charge in [0, 0.05) is 25.2 Å². The summed E-state index contributed by atoms with van der Waals surface area (Å²) < 4.78 is 26.7. The van der Waals surface area contributed by atoms with Crippen LogP contribution in [-0.4, -0.2) is 18.0 Å². The third-order valence-corrected chi connectivity index (χ3v) is 3.78. The molecule has 122 valence electrons. The maximum Gasteiger partial charge on any atom is 0.317 e. The van der Waals surface area contributed by atoms with Gasteiger partial charge in [-0.15, -0.1) is 0 Å². The molecule has 0 saturated heterocycles. The van der Waals surface area contributed by atoms with Gasteiger partial charge in [0.15, 0.2) is 0 Å². The van der Waals surface area contributed by atoms with Crippen molar-refractivity contribution in [3.8, 4) is 0 Å². The Kier molecular flexibility index (Phi) is 5.32. The number of hydrogen-bond acceptors (Lipinski definition) is 1. The van der Waals surface area contributed by atoms with Crippen LogP contribution in [0.15, 0.2) is 42.5 Å². The molecule has 0 fully saturated rings. The number of halogens is 2. The molecule has 2 aromatic rings. The predicted octanol–water partition coefficient (Wildman–Crippen LogP) is 4.18. The van der Waals surface area contributed by atoms with Gasteiger partial charge < -0.3 is 10.2 Å². The van der Waals surface area contributed by atoms with Crippen LogP contribution in [0.2, 0.25) is 0 Å². The van der Waals surface area contributed by atoms with E-state index in [0.717, 1.165) is 17.2 Å². The molecule has 2 aromatic carbocycles. The van der Waals surface area contributed by atoms with E-state index in [1.807, 2.05) is 31.2 Å². The lowest BCUT2D eigenvalue weighted by atomic mass is 10.1. The van der Waals surface area contributed by atoms with Gasteiger partial charge in [-0.1, -0.05) is 30.3 Å². The first kappa shape index (κ1) is 16.9. The molecule has 0 saturated carbocycles. The minimum atomic E-state index is -0.667. The molecule has 0 aliphatic carbocycles. The van der Waals surface area contributed by atoms with E-state index < -0.39 is 17.7 Å². The van der Waals surface area contributed by atoms with E-state index in [4.69, 9.17) is 0 Å². The Morgan fingerprint density at radius 2 is 1.91 bits per heavy atom. The summed E-state index contributed by atoms with van der Waals surface area (Å²) in [7, 11) is 1.68. The second kappa shape index (κ2) is 7.22. The average Bonchev–Trinajstić information content (AvgIpc) is 2.49. The molecule has 0 heterocycles. The van der Waals surface area contributed by atoms with E-state index in [1.165, 1.54) is 17.0 Å². The van der Waals surface area contributed by atoms with Crippen molar-refractivity contribution in [3.63, 3.8) is 0 Å². The molecule has 0 aromatic heterocycles. The molecule has 0 aliphatic heterocycles. The minimum absolute atomic E-state index is 0.254. The van der Waals surface area contributed by atoms with Crippen molar-refractivity contribution in [2.75, 3.05) is 7.05 Å². The van der Waals surface area contributed by atoms with Gasteiger partial charge in [0.1, 0.15) is 11.6 Å². The van der Waals surface area contributed by atoms with E-state index in [-0.39, 0.29) is 11.6 Å². The molecular formula is C18H20F2N2O. The number of rotatable bonds is 4. The fourth-order valence-corrected chi connectivity index (χ4v) is 2.34. The Labute approximate surface area is 134 Å². The molecule has 0 bridgehead atoms. The quantitative estimate of drug-likeness (QED) is 0.901. The summed E-state index contributed by atoms with van der Waals surface area (Å²) >= 11 is 0. The number of urea groups is 1.